The van der Waals surface area contributed by atoms with Crippen LogP contribution in [-0.4, -0.2) is 56.6 Å². The number of rotatable bonds is 5. The van der Waals surface area contributed by atoms with Gasteiger partial charge in [0.05, 0.1) is 24.9 Å². The molecule has 12 heavy (non-hydrogen) atoms. The predicted octanol–water partition coefficient (Wildman–Crippen LogP) is -2.17. The molecular formula is C7H16O5. The van der Waals surface area contributed by atoms with Crippen LogP contribution in [0.3, 0.4) is 0 Å². The predicted molar refractivity (Wildman–Crippen MR) is 41.4 cm³/mol. The highest BCUT2D eigenvalue weighted by atomic mass is 16.4. The van der Waals surface area contributed by atoms with Crippen molar-refractivity contribution in [3.8, 4) is 0 Å². The molecule has 0 aromatic heterocycles. The third-order valence-corrected chi connectivity index (χ3v) is 1.61. The van der Waals surface area contributed by atoms with E-state index in [1.54, 1.807) is 0 Å². The average Bonchev–Trinajstić information content (AvgIpc) is 2.02. The highest BCUT2D eigenvalue weighted by molar-refractivity contribution is 4.74. The summed E-state index contributed by atoms with van der Waals surface area (Å²) in [5, 5.41) is 44.2. The molecule has 5 nitrogen and oxygen atoms in total. The summed E-state index contributed by atoms with van der Waals surface area (Å²) in [5.41, 5.74) is 0. The van der Waals surface area contributed by atoms with Gasteiger partial charge in [0.2, 0.25) is 0 Å². The highest BCUT2D eigenvalue weighted by Gasteiger charge is 2.23. The summed E-state index contributed by atoms with van der Waals surface area (Å²) in [6.45, 7) is 0.864. The van der Waals surface area contributed by atoms with Gasteiger partial charge in [0, 0.05) is 6.42 Å². The molecule has 0 saturated carbocycles. The maximum Gasteiger partial charge on any atom is 0.105 e. The lowest BCUT2D eigenvalue weighted by atomic mass is 10.0. The van der Waals surface area contributed by atoms with Crippen molar-refractivity contribution >= 4 is 0 Å². The molecule has 0 radical (unpaired) electrons. The molecule has 2 unspecified atom stereocenters. The minimum absolute atomic E-state index is 0.150. The van der Waals surface area contributed by atoms with E-state index in [0.29, 0.717) is 0 Å². The van der Waals surface area contributed by atoms with Crippen LogP contribution in [0.2, 0.25) is 0 Å². The number of aliphatic hydroxyl groups excluding tert-OH is 5. The Kier molecular flexibility index (Phi) is 5.36. The van der Waals surface area contributed by atoms with Gasteiger partial charge in [-0.05, 0) is 6.92 Å². The van der Waals surface area contributed by atoms with Gasteiger partial charge in [-0.3, -0.25) is 0 Å². The summed E-state index contributed by atoms with van der Waals surface area (Å²) in [4.78, 5) is 0. The fourth-order valence-electron chi connectivity index (χ4n) is 0.814. The first-order valence-corrected chi connectivity index (χ1v) is 3.82. The second-order valence-electron chi connectivity index (χ2n) is 2.87. The van der Waals surface area contributed by atoms with Crippen LogP contribution in [-0.2, 0) is 0 Å². The second kappa shape index (κ2) is 5.45. The Balaban J connectivity index is 3.78. The van der Waals surface area contributed by atoms with Crippen LogP contribution in [0.25, 0.3) is 0 Å². The molecule has 0 saturated heterocycles. The Morgan fingerprint density at radius 2 is 1.58 bits per heavy atom. The molecule has 5 heteroatoms. The third-order valence-electron chi connectivity index (χ3n) is 1.61. The quantitative estimate of drug-likeness (QED) is 0.331. The molecule has 4 atom stereocenters. The van der Waals surface area contributed by atoms with Crippen molar-refractivity contribution in [3.05, 3.63) is 0 Å². The smallest absolute Gasteiger partial charge is 0.105 e. The van der Waals surface area contributed by atoms with E-state index in [2.05, 4.69) is 0 Å². The van der Waals surface area contributed by atoms with Crippen molar-refractivity contribution in [2.45, 2.75) is 37.8 Å². The van der Waals surface area contributed by atoms with Crippen molar-refractivity contribution in [1.29, 1.82) is 0 Å². The molecule has 0 aliphatic carbocycles. The monoisotopic (exact) mass is 180 g/mol. The molecule has 0 amide bonds. The fourth-order valence-corrected chi connectivity index (χ4v) is 0.814. The number of aliphatic hydroxyl groups is 5. The third kappa shape index (κ3) is 3.99. The molecule has 0 aliphatic heterocycles. The van der Waals surface area contributed by atoms with E-state index < -0.39 is 31.0 Å². The van der Waals surface area contributed by atoms with E-state index in [1.165, 1.54) is 6.92 Å². The zero-order valence-electron chi connectivity index (χ0n) is 6.96. The Morgan fingerprint density at radius 1 is 1.08 bits per heavy atom. The largest absolute Gasteiger partial charge is 0.394 e. The van der Waals surface area contributed by atoms with Crippen molar-refractivity contribution in [2.75, 3.05) is 6.61 Å². The van der Waals surface area contributed by atoms with Gasteiger partial charge < -0.3 is 25.5 Å². The highest BCUT2D eigenvalue weighted by Crippen LogP contribution is 2.06. The normalized spacial score (nSPS) is 21.5. The lowest BCUT2D eigenvalue weighted by Gasteiger charge is -2.21. The van der Waals surface area contributed by atoms with Gasteiger partial charge in [0.1, 0.15) is 6.10 Å². The summed E-state index contributed by atoms with van der Waals surface area (Å²) < 4.78 is 0. The van der Waals surface area contributed by atoms with E-state index in [0.717, 1.165) is 0 Å². The van der Waals surface area contributed by atoms with Gasteiger partial charge in [-0.25, -0.2) is 0 Å². The standard InChI is InChI=1S/C7H16O5/c1-4(9)7(12)6(11)2-5(10)3-8/h4-12H,2-3H2,1H3/t4?,5-,6?,7-/m0/s1. The minimum atomic E-state index is -1.29. The molecular weight excluding hydrogens is 164 g/mol. The van der Waals surface area contributed by atoms with Crippen LogP contribution in [0.15, 0.2) is 0 Å². The van der Waals surface area contributed by atoms with E-state index in [9.17, 15) is 0 Å². The van der Waals surface area contributed by atoms with E-state index in [4.69, 9.17) is 25.5 Å². The molecule has 0 aromatic carbocycles. The SMILES string of the molecule is CC(O)[C@H](O)C(O)C[C@H](O)CO. The van der Waals surface area contributed by atoms with Gasteiger partial charge in [-0.1, -0.05) is 0 Å². The molecule has 0 rings (SSSR count). The lowest BCUT2D eigenvalue weighted by molar-refractivity contribution is -0.0716. The van der Waals surface area contributed by atoms with Crippen LogP contribution in [0.5, 0.6) is 0 Å². The average molecular weight is 180 g/mol. The van der Waals surface area contributed by atoms with Gasteiger partial charge in [0.15, 0.2) is 0 Å². The molecule has 0 bridgehead atoms. The molecule has 0 spiro atoms. The number of hydrogen-bond acceptors (Lipinski definition) is 5. The first-order chi connectivity index (χ1) is 5.49. The lowest BCUT2D eigenvalue weighted by Crippen LogP contribution is -2.38. The molecule has 0 fully saturated rings. The Labute approximate surface area is 70.9 Å². The molecule has 0 heterocycles. The Bertz CT molecular complexity index is 116. The van der Waals surface area contributed by atoms with E-state index in [1.807, 2.05) is 0 Å². The number of hydrogen-bond donors (Lipinski definition) is 5. The topological polar surface area (TPSA) is 101 Å². The van der Waals surface area contributed by atoms with E-state index in [-0.39, 0.29) is 6.42 Å². The van der Waals surface area contributed by atoms with Crippen molar-refractivity contribution in [2.24, 2.45) is 0 Å². The zero-order valence-corrected chi connectivity index (χ0v) is 6.96. The fraction of sp³-hybridized carbons (Fsp3) is 1.00. The molecule has 0 aliphatic rings. The zero-order chi connectivity index (χ0) is 9.72. The summed E-state index contributed by atoms with van der Waals surface area (Å²) in [6, 6.07) is 0. The van der Waals surface area contributed by atoms with Crippen LogP contribution >= 0.6 is 0 Å². The van der Waals surface area contributed by atoms with Gasteiger partial charge in [-0.15, -0.1) is 0 Å². The summed E-state index contributed by atoms with van der Waals surface area (Å²) in [5.74, 6) is 0. The van der Waals surface area contributed by atoms with Gasteiger partial charge in [0.25, 0.3) is 0 Å². The molecule has 5 N–H and O–H groups in total. The maximum absolute atomic E-state index is 9.11. The minimum Gasteiger partial charge on any atom is -0.394 e. The van der Waals surface area contributed by atoms with Crippen molar-refractivity contribution < 1.29 is 25.5 Å². The van der Waals surface area contributed by atoms with Crippen molar-refractivity contribution in [3.63, 3.8) is 0 Å². The first kappa shape index (κ1) is 11.8. The van der Waals surface area contributed by atoms with Gasteiger partial charge in [-0.2, -0.15) is 0 Å². The maximum atomic E-state index is 9.11. The first-order valence-electron chi connectivity index (χ1n) is 3.82. The van der Waals surface area contributed by atoms with Crippen molar-refractivity contribution in [1.82, 2.24) is 0 Å². The Morgan fingerprint density at radius 3 is 1.92 bits per heavy atom. The van der Waals surface area contributed by atoms with E-state index >= 15 is 0 Å². The van der Waals surface area contributed by atoms with Crippen LogP contribution < -0.4 is 0 Å². The Hall–Kier alpha value is -0.200. The summed E-state index contributed by atoms with van der Waals surface area (Å²) in [7, 11) is 0. The molecule has 0 aromatic rings. The second-order valence-corrected chi connectivity index (χ2v) is 2.87. The van der Waals surface area contributed by atoms with Crippen LogP contribution in [0.4, 0.5) is 0 Å². The van der Waals surface area contributed by atoms with Crippen LogP contribution in [0.1, 0.15) is 13.3 Å². The summed E-state index contributed by atoms with van der Waals surface area (Å²) >= 11 is 0. The summed E-state index contributed by atoms with van der Waals surface area (Å²) in [6.07, 6.45) is -4.76. The van der Waals surface area contributed by atoms with Crippen LogP contribution in [0, 0.1) is 0 Å². The van der Waals surface area contributed by atoms with Gasteiger partial charge >= 0.3 is 0 Å². The molecule has 74 valence electrons.